The summed E-state index contributed by atoms with van der Waals surface area (Å²) >= 11 is 0. The second-order valence-corrected chi connectivity index (χ2v) is 9.49. The Bertz CT molecular complexity index is 984. The number of hydrogen-bond acceptors (Lipinski definition) is 4. The van der Waals surface area contributed by atoms with Crippen molar-refractivity contribution >= 4 is 27.3 Å². The minimum atomic E-state index is -3.35. The van der Waals surface area contributed by atoms with E-state index in [1.807, 2.05) is 25.1 Å². The smallest absolute Gasteiger partial charge is 0.265 e. The van der Waals surface area contributed by atoms with Gasteiger partial charge in [-0.2, -0.15) is 0 Å². The van der Waals surface area contributed by atoms with Crippen LogP contribution in [0.2, 0.25) is 0 Å². The Hall–Kier alpha value is -2.54. The van der Waals surface area contributed by atoms with Crippen LogP contribution in [-0.4, -0.2) is 26.2 Å². The normalized spacial score (nSPS) is 12.5. The molecule has 0 saturated carbocycles. The van der Waals surface area contributed by atoms with Crippen molar-refractivity contribution in [3.8, 4) is 5.75 Å². The maximum Gasteiger partial charge on any atom is 0.265 e. The first-order valence-electron chi connectivity index (χ1n) is 9.71. The van der Waals surface area contributed by atoms with Crippen molar-refractivity contribution < 1.29 is 17.9 Å². The molecule has 0 saturated heterocycles. The SMILES string of the molecule is CCS(=O)(=O)Nc1ccc(NC(=O)C(C)Oc2cc(C)ccc2C(C)C)cc1C. The van der Waals surface area contributed by atoms with Gasteiger partial charge in [0.25, 0.3) is 5.91 Å². The summed E-state index contributed by atoms with van der Waals surface area (Å²) in [6, 6.07) is 11.0. The van der Waals surface area contributed by atoms with Gasteiger partial charge in [-0.15, -0.1) is 0 Å². The molecule has 0 aliphatic heterocycles. The number of aryl methyl sites for hydroxylation is 2. The molecule has 2 aromatic carbocycles. The van der Waals surface area contributed by atoms with E-state index in [1.54, 1.807) is 39.0 Å². The van der Waals surface area contributed by atoms with Crippen molar-refractivity contribution in [2.75, 3.05) is 15.8 Å². The van der Waals surface area contributed by atoms with E-state index in [1.165, 1.54) is 0 Å². The number of sulfonamides is 1. The van der Waals surface area contributed by atoms with E-state index in [0.717, 1.165) is 11.1 Å². The van der Waals surface area contributed by atoms with Crippen LogP contribution in [0.25, 0.3) is 0 Å². The topological polar surface area (TPSA) is 84.5 Å². The molecule has 0 aliphatic rings. The van der Waals surface area contributed by atoms with Crippen LogP contribution >= 0.6 is 0 Å². The molecule has 0 aromatic heterocycles. The van der Waals surface area contributed by atoms with Gasteiger partial charge in [-0.25, -0.2) is 8.42 Å². The third kappa shape index (κ3) is 6.22. The Balaban J connectivity index is 2.10. The van der Waals surface area contributed by atoms with Crippen molar-refractivity contribution in [2.24, 2.45) is 0 Å². The predicted octanol–water partition coefficient (Wildman–Crippen LogP) is 4.59. The van der Waals surface area contributed by atoms with Crippen LogP contribution in [0.5, 0.6) is 5.75 Å². The summed E-state index contributed by atoms with van der Waals surface area (Å²) < 4.78 is 32.0. The average Bonchev–Trinajstić information content (AvgIpc) is 2.63. The number of hydrogen-bond donors (Lipinski definition) is 2. The minimum absolute atomic E-state index is 0.00287. The number of ether oxygens (including phenoxy) is 1. The highest BCUT2D eigenvalue weighted by Crippen LogP contribution is 2.28. The molecule has 29 heavy (non-hydrogen) atoms. The molecule has 6 nitrogen and oxygen atoms in total. The first kappa shape index (κ1) is 22.7. The summed E-state index contributed by atoms with van der Waals surface area (Å²) in [7, 11) is -3.35. The molecule has 0 aliphatic carbocycles. The number of amides is 1. The van der Waals surface area contributed by atoms with Crippen molar-refractivity contribution in [3.05, 3.63) is 53.1 Å². The fraction of sp³-hybridized carbons (Fsp3) is 0.409. The van der Waals surface area contributed by atoms with Crippen LogP contribution in [0.3, 0.4) is 0 Å². The maximum atomic E-state index is 12.6. The fourth-order valence-electron chi connectivity index (χ4n) is 2.80. The molecule has 0 spiro atoms. The summed E-state index contributed by atoms with van der Waals surface area (Å²) in [5.41, 5.74) is 3.91. The van der Waals surface area contributed by atoms with Crippen molar-refractivity contribution in [1.82, 2.24) is 0 Å². The molecule has 1 amide bonds. The van der Waals surface area contributed by atoms with Gasteiger partial charge >= 0.3 is 0 Å². The minimum Gasteiger partial charge on any atom is -0.481 e. The molecule has 7 heteroatoms. The zero-order valence-corrected chi connectivity index (χ0v) is 18.7. The molecule has 0 heterocycles. The number of carbonyl (C=O) groups is 1. The molecule has 0 radical (unpaired) electrons. The van der Waals surface area contributed by atoms with Gasteiger partial charge in [0.15, 0.2) is 6.10 Å². The molecular weight excluding hydrogens is 388 g/mol. The number of rotatable bonds is 8. The summed E-state index contributed by atoms with van der Waals surface area (Å²) in [5.74, 6) is 0.713. The molecule has 1 unspecified atom stereocenters. The number of anilines is 2. The molecule has 2 aromatic rings. The lowest BCUT2D eigenvalue weighted by Gasteiger charge is -2.19. The van der Waals surface area contributed by atoms with Crippen LogP contribution in [0.1, 0.15) is 50.3 Å². The third-order valence-corrected chi connectivity index (χ3v) is 5.89. The van der Waals surface area contributed by atoms with Gasteiger partial charge in [-0.3, -0.25) is 9.52 Å². The first-order chi connectivity index (χ1) is 13.5. The van der Waals surface area contributed by atoms with Crippen LogP contribution in [-0.2, 0) is 14.8 Å². The number of nitrogens with one attached hydrogen (secondary N) is 2. The predicted molar refractivity (Wildman–Crippen MR) is 118 cm³/mol. The van der Waals surface area contributed by atoms with E-state index >= 15 is 0 Å². The fourth-order valence-corrected chi connectivity index (χ4v) is 3.51. The Morgan fingerprint density at radius 2 is 1.76 bits per heavy atom. The zero-order valence-electron chi connectivity index (χ0n) is 17.9. The molecule has 1 atom stereocenters. The lowest BCUT2D eigenvalue weighted by Crippen LogP contribution is -2.30. The molecule has 0 fully saturated rings. The van der Waals surface area contributed by atoms with Gasteiger partial charge in [-0.05, 0) is 74.6 Å². The molecule has 2 N–H and O–H groups in total. The van der Waals surface area contributed by atoms with E-state index in [2.05, 4.69) is 23.9 Å². The van der Waals surface area contributed by atoms with E-state index in [-0.39, 0.29) is 17.6 Å². The molecule has 2 rings (SSSR count). The molecular formula is C22H30N2O4S. The third-order valence-electron chi connectivity index (χ3n) is 4.60. The summed E-state index contributed by atoms with van der Waals surface area (Å²) in [4.78, 5) is 12.6. The van der Waals surface area contributed by atoms with E-state index in [4.69, 9.17) is 4.74 Å². The van der Waals surface area contributed by atoms with Crippen molar-refractivity contribution in [2.45, 2.75) is 53.6 Å². The van der Waals surface area contributed by atoms with E-state index < -0.39 is 16.1 Å². The van der Waals surface area contributed by atoms with Crippen LogP contribution in [0.15, 0.2) is 36.4 Å². The quantitative estimate of drug-likeness (QED) is 0.656. The van der Waals surface area contributed by atoms with E-state index in [9.17, 15) is 13.2 Å². The lowest BCUT2D eigenvalue weighted by molar-refractivity contribution is -0.122. The number of benzene rings is 2. The van der Waals surface area contributed by atoms with Crippen LogP contribution < -0.4 is 14.8 Å². The Morgan fingerprint density at radius 1 is 1.07 bits per heavy atom. The van der Waals surface area contributed by atoms with Crippen molar-refractivity contribution in [1.29, 1.82) is 0 Å². The van der Waals surface area contributed by atoms with Gasteiger partial charge in [-0.1, -0.05) is 26.0 Å². The second kappa shape index (κ2) is 9.31. The maximum absolute atomic E-state index is 12.6. The van der Waals surface area contributed by atoms with Crippen LogP contribution in [0, 0.1) is 13.8 Å². The Kier molecular flexibility index (Phi) is 7.30. The second-order valence-electron chi connectivity index (χ2n) is 7.48. The summed E-state index contributed by atoms with van der Waals surface area (Å²) in [6.45, 7) is 11.2. The zero-order chi connectivity index (χ0) is 21.8. The Morgan fingerprint density at radius 3 is 2.34 bits per heavy atom. The summed E-state index contributed by atoms with van der Waals surface area (Å²) in [5, 5.41) is 2.83. The van der Waals surface area contributed by atoms with E-state index in [0.29, 0.717) is 22.7 Å². The molecule has 0 bridgehead atoms. The van der Waals surface area contributed by atoms with Gasteiger partial charge < -0.3 is 10.1 Å². The monoisotopic (exact) mass is 418 g/mol. The highest BCUT2D eigenvalue weighted by atomic mass is 32.2. The van der Waals surface area contributed by atoms with Crippen LogP contribution in [0.4, 0.5) is 11.4 Å². The van der Waals surface area contributed by atoms with Crippen molar-refractivity contribution in [3.63, 3.8) is 0 Å². The van der Waals surface area contributed by atoms with Gasteiger partial charge in [0.05, 0.1) is 11.4 Å². The van der Waals surface area contributed by atoms with Gasteiger partial charge in [0.2, 0.25) is 10.0 Å². The molecule has 158 valence electrons. The largest absolute Gasteiger partial charge is 0.481 e. The van der Waals surface area contributed by atoms with Gasteiger partial charge in [0.1, 0.15) is 5.75 Å². The highest BCUT2D eigenvalue weighted by Gasteiger charge is 2.18. The standard InChI is InChI=1S/C22H30N2O4S/c1-7-29(26,27)24-20-11-9-18(13-16(20)5)23-22(25)17(6)28-21-12-15(4)8-10-19(21)14(2)3/h8-14,17,24H,7H2,1-6H3,(H,23,25). The first-order valence-corrected chi connectivity index (χ1v) is 11.4. The number of carbonyl (C=O) groups excluding carboxylic acids is 1. The average molecular weight is 419 g/mol. The highest BCUT2D eigenvalue weighted by molar-refractivity contribution is 7.92. The van der Waals surface area contributed by atoms with Gasteiger partial charge in [0, 0.05) is 5.69 Å². The summed E-state index contributed by atoms with van der Waals surface area (Å²) in [6.07, 6.45) is -0.687. The Labute approximate surface area is 173 Å². The lowest BCUT2D eigenvalue weighted by atomic mass is 10.0.